The van der Waals surface area contributed by atoms with Crippen LogP contribution in [0.4, 0.5) is 11.4 Å². The molecule has 118 valence electrons. The molecule has 1 amide bonds. The van der Waals surface area contributed by atoms with Crippen LogP contribution < -0.4 is 4.90 Å². The molecular formula is C15H19N3O4. The molecule has 7 nitrogen and oxygen atoms in total. The minimum Gasteiger partial charge on any atom is -0.368 e. The summed E-state index contributed by atoms with van der Waals surface area (Å²) in [6, 6.07) is 6.55. The van der Waals surface area contributed by atoms with Crippen LogP contribution in [-0.4, -0.2) is 54.6 Å². The zero-order valence-electron chi connectivity index (χ0n) is 12.3. The second kappa shape index (κ2) is 6.31. The van der Waals surface area contributed by atoms with Gasteiger partial charge in [0.15, 0.2) is 0 Å². The lowest BCUT2D eigenvalue weighted by atomic mass is 10.2. The Morgan fingerprint density at radius 2 is 1.86 bits per heavy atom. The van der Waals surface area contributed by atoms with Crippen molar-refractivity contribution in [1.82, 2.24) is 4.90 Å². The van der Waals surface area contributed by atoms with Crippen molar-refractivity contribution < 1.29 is 14.5 Å². The summed E-state index contributed by atoms with van der Waals surface area (Å²) < 4.78 is 5.45. The van der Waals surface area contributed by atoms with Gasteiger partial charge in [-0.05, 0) is 25.0 Å². The van der Waals surface area contributed by atoms with Crippen LogP contribution in [0.25, 0.3) is 0 Å². The first-order valence-electron chi connectivity index (χ1n) is 7.55. The maximum atomic E-state index is 12.3. The Hall–Kier alpha value is -2.15. The number of nitro groups is 1. The fourth-order valence-corrected chi connectivity index (χ4v) is 2.95. The first kappa shape index (κ1) is 14.8. The topological polar surface area (TPSA) is 75.9 Å². The van der Waals surface area contributed by atoms with Gasteiger partial charge >= 0.3 is 0 Å². The number of hydrogen-bond acceptors (Lipinski definition) is 5. The summed E-state index contributed by atoms with van der Waals surface area (Å²) in [4.78, 5) is 26.5. The molecule has 0 aromatic heterocycles. The fraction of sp³-hybridized carbons (Fsp3) is 0.533. The van der Waals surface area contributed by atoms with Crippen molar-refractivity contribution in [3.8, 4) is 0 Å². The molecule has 0 saturated carbocycles. The molecule has 22 heavy (non-hydrogen) atoms. The van der Waals surface area contributed by atoms with Crippen molar-refractivity contribution >= 4 is 17.3 Å². The number of carbonyl (C=O) groups excluding carboxylic acids is 1. The number of non-ortho nitro benzene ring substituents is 1. The van der Waals surface area contributed by atoms with Crippen molar-refractivity contribution in [2.75, 3.05) is 37.7 Å². The van der Waals surface area contributed by atoms with Crippen LogP contribution in [0.15, 0.2) is 24.3 Å². The van der Waals surface area contributed by atoms with Gasteiger partial charge in [0, 0.05) is 50.6 Å². The van der Waals surface area contributed by atoms with Crippen LogP contribution in [-0.2, 0) is 9.53 Å². The van der Waals surface area contributed by atoms with Gasteiger partial charge < -0.3 is 14.5 Å². The highest BCUT2D eigenvalue weighted by atomic mass is 16.6. The Kier molecular flexibility index (Phi) is 4.24. The molecule has 2 aliphatic rings. The standard InChI is InChI=1S/C15H19N3O4/c19-15(14-2-1-11-22-14)17-9-7-16(8-10-17)12-3-5-13(6-4-12)18(20)21/h3-6,14H,1-2,7-11H2/t14-/m0/s1. The Morgan fingerprint density at radius 3 is 2.41 bits per heavy atom. The summed E-state index contributed by atoms with van der Waals surface area (Å²) in [7, 11) is 0. The molecule has 0 unspecified atom stereocenters. The Labute approximate surface area is 128 Å². The third kappa shape index (κ3) is 3.04. The normalized spacial score (nSPS) is 21.9. The molecule has 3 rings (SSSR count). The van der Waals surface area contributed by atoms with E-state index in [1.54, 1.807) is 12.1 Å². The smallest absolute Gasteiger partial charge is 0.269 e. The maximum absolute atomic E-state index is 12.3. The van der Waals surface area contributed by atoms with Gasteiger partial charge in [-0.1, -0.05) is 0 Å². The Balaban J connectivity index is 1.57. The van der Waals surface area contributed by atoms with E-state index in [1.165, 1.54) is 12.1 Å². The fourth-order valence-electron chi connectivity index (χ4n) is 2.95. The molecule has 7 heteroatoms. The average Bonchev–Trinajstić information content (AvgIpc) is 3.09. The highest BCUT2D eigenvalue weighted by molar-refractivity contribution is 5.81. The zero-order valence-corrected chi connectivity index (χ0v) is 12.3. The molecule has 2 aliphatic heterocycles. The van der Waals surface area contributed by atoms with Crippen LogP contribution in [0.1, 0.15) is 12.8 Å². The van der Waals surface area contributed by atoms with Gasteiger partial charge in [-0.3, -0.25) is 14.9 Å². The SMILES string of the molecule is O=C([C@@H]1CCCO1)N1CCN(c2ccc([N+](=O)[O-])cc2)CC1. The lowest BCUT2D eigenvalue weighted by Gasteiger charge is -2.37. The second-order valence-electron chi connectivity index (χ2n) is 5.59. The third-order valence-corrected chi connectivity index (χ3v) is 4.22. The monoisotopic (exact) mass is 305 g/mol. The van der Waals surface area contributed by atoms with Crippen molar-refractivity contribution in [2.45, 2.75) is 18.9 Å². The molecule has 0 spiro atoms. The van der Waals surface area contributed by atoms with E-state index < -0.39 is 4.92 Å². The number of ether oxygens (including phenoxy) is 1. The molecule has 1 aromatic rings. The molecule has 1 aromatic carbocycles. The van der Waals surface area contributed by atoms with Crippen molar-refractivity contribution in [3.05, 3.63) is 34.4 Å². The lowest BCUT2D eigenvalue weighted by Crippen LogP contribution is -2.51. The number of anilines is 1. The number of amides is 1. The summed E-state index contributed by atoms with van der Waals surface area (Å²) in [5.41, 5.74) is 1.05. The van der Waals surface area contributed by atoms with Crippen LogP contribution >= 0.6 is 0 Å². The number of rotatable bonds is 3. The van der Waals surface area contributed by atoms with E-state index in [2.05, 4.69) is 4.90 Å². The van der Waals surface area contributed by atoms with Gasteiger partial charge in [0.05, 0.1) is 4.92 Å². The predicted octanol–water partition coefficient (Wildman–Crippen LogP) is 1.42. The summed E-state index contributed by atoms with van der Waals surface area (Å²) >= 11 is 0. The summed E-state index contributed by atoms with van der Waals surface area (Å²) in [5.74, 6) is 0.0980. The van der Waals surface area contributed by atoms with E-state index in [4.69, 9.17) is 4.74 Å². The van der Waals surface area contributed by atoms with E-state index in [0.717, 1.165) is 31.6 Å². The Bertz CT molecular complexity index is 546. The van der Waals surface area contributed by atoms with Gasteiger partial charge in [-0.2, -0.15) is 0 Å². The lowest BCUT2D eigenvalue weighted by molar-refractivity contribution is -0.384. The number of benzene rings is 1. The highest BCUT2D eigenvalue weighted by Gasteiger charge is 2.30. The zero-order chi connectivity index (χ0) is 15.5. The predicted molar refractivity (Wildman–Crippen MR) is 80.9 cm³/mol. The number of hydrogen-bond donors (Lipinski definition) is 0. The van der Waals surface area contributed by atoms with E-state index in [-0.39, 0.29) is 17.7 Å². The van der Waals surface area contributed by atoms with Crippen LogP contribution in [0.5, 0.6) is 0 Å². The number of piperazine rings is 1. The average molecular weight is 305 g/mol. The molecule has 0 radical (unpaired) electrons. The van der Waals surface area contributed by atoms with Crippen molar-refractivity contribution in [3.63, 3.8) is 0 Å². The minimum atomic E-state index is -0.401. The van der Waals surface area contributed by atoms with E-state index in [1.807, 2.05) is 4.90 Å². The van der Waals surface area contributed by atoms with E-state index in [9.17, 15) is 14.9 Å². The number of nitro benzene ring substituents is 1. The summed E-state index contributed by atoms with van der Waals surface area (Å²) in [6.07, 6.45) is 1.52. The minimum absolute atomic E-state index is 0.0935. The molecule has 0 aliphatic carbocycles. The molecule has 2 heterocycles. The third-order valence-electron chi connectivity index (χ3n) is 4.22. The van der Waals surface area contributed by atoms with E-state index >= 15 is 0 Å². The van der Waals surface area contributed by atoms with E-state index in [0.29, 0.717) is 19.7 Å². The maximum Gasteiger partial charge on any atom is 0.269 e. The molecule has 0 bridgehead atoms. The highest BCUT2D eigenvalue weighted by Crippen LogP contribution is 2.22. The summed E-state index contributed by atoms with van der Waals surface area (Å²) in [5, 5.41) is 10.7. The van der Waals surface area contributed by atoms with Gasteiger partial charge in [-0.25, -0.2) is 0 Å². The second-order valence-corrected chi connectivity index (χ2v) is 5.59. The molecule has 2 saturated heterocycles. The quantitative estimate of drug-likeness (QED) is 0.623. The van der Waals surface area contributed by atoms with Gasteiger partial charge in [-0.15, -0.1) is 0 Å². The van der Waals surface area contributed by atoms with Crippen molar-refractivity contribution in [1.29, 1.82) is 0 Å². The van der Waals surface area contributed by atoms with Gasteiger partial charge in [0.2, 0.25) is 0 Å². The van der Waals surface area contributed by atoms with Crippen LogP contribution in [0.2, 0.25) is 0 Å². The molecule has 1 atom stereocenters. The number of carbonyl (C=O) groups is 1. The van der Waals surface area contributed by atoms with Crippen LogP contribution in [0, 0.1) is 10.1 Å². The first-order chi connectivity index (χ1) is 10.6. The van der Waals surface area contributed by atoms with Crippen molar-refractivity contribution in [2.24, 2.45) is 0 Å². The molecular weight excluding hydrogens is 286 g/mol. The summed E-state index contributed by atoms with van der Waals surface area (Å²) in [6.45, 7) is 3.47. The Morgan fingerprint density at radius 1 is 1.18 bits per heavy atom. The van der Waals surface area contributed by atoms with Gasteiger partial charge in [0.25, 0.3) is 11.6 Å². The molecule has 2 fully saturated rings. The molecule has 0 N–H and O–H groups in total. The first-order valence-corrected chi connectivity index (χ1v) is 7.55. The largest absolute Gasteiger partial charge is 0.368 e. The van der Waals surface area contributed by atoms with Crippen LogP contribution in [0.3, 0.4) is 0 Å². The number of nitrogens with zero attached hydrogens (tertiary/aromatic N) is 3. The van der Waals surface area contributed by atoms with Gasteiger partial charge in [0.1, 0.15) is 6.10 Å².